The maximum absolute atomic E-state index is 3.87. The van der Waals surface area contributed by atoms with Crippen LogP contribution in [0.4, 0.5) is 0 Å². The van der Waals surface area contributed by atoms with Gasteiger partial charge in [0.2, 0.25) is 0 Å². The molecule has 0 spiro atoms. The minimum absolute atomic E-state index is 0.843. The van der Waals surface area contributed by atoms with E-state index in [4.69, 9.17) is 0 Å². The van der Waals surface area contributed by atoms with Gasteiger partial charge in [-0.1, -0.05) is 0 Å². The number of aromatic nitrogens is 2. The van der Waals surface area contributed by atoms with Crippen molar-refractivity contribution in [1.29, 1.82) is 0 Å². The molecule has 0 atom stereocenters. The Bertz CT molecular complexity index is 291. The van der Waals surface area contributed by atoms with Crippen LogP contribution in [0.25, 0.3) is 0 Å². The predicted octanol–water partition coefficient (Wildman–Crippen LogP) is 1.76. The van der Waals surface area contributed by atoms with E-state index in [-0.39, 0.29) is 0 Å². The van der Waals surface area contributed by atoms with Crippen molar-refractivity contribution >= 4 is 11.3 Å². The van der Waals surface area contributed by atoms with Gasteiger partial charge in [0.05, 0.1) is 0 Å². The Hall–Kier alpha value is -1.13. The van der Waals surface area contributed by atoms with Gasteiger partial charge in [-0.2, -0.15) is 16.4 Å². The molecule has 0 radical (unpaired) electrons. The predicted molar refractivity (Wildman–Crippen MR) is 53.5 cm³/mol. The molecule has 0 aliphatic heterocycles. The lowest BCUT2D eigenvalue weighted by Gasteiger charge is -1.99. The Balaban J connectivity index is 1.76. The third-order valence-electron chi connectivity index (χ3n) is 1.78. The molecular formula is C9H11N3S. The zero-order valence-corrected chi connectivity index (χ0v) is 7.97. The van der Waals surface area contributed by atoms with Crippen LogP contribution < -0.4 is 5.32 Å². The molecule has 13 heavy (non-hydrogen) atoms. The van der Waals surface area contributed by atoms with Crippen molar-refractivity contribution in [2.24, 2.45) is 0 Å². The second-order valence-electron chi connectivity index (χ2n) is 2.82. The van der Waals surface area contributed by atoms with Crippen LogP contribution in [0.3, 0.4) is 0 Å². The average Bonchev–Trinajstić information content (AvgIpc) is 2.75. The van der Waals surface area contributed by atoms with Crippen molar-refractivity contribution in [2.45, 2.75) is 13.1 Å². The molecule has 4 heteroatoms. The van der Waals surface area contributed by atoms with Gasteiger partial charge < -0.3 is 5.32 Å². The van der Waals surface area contributed by atoms with Crippen LogP contribution >= 0.6 is 11.3 Å². The molecule has 2 rings (SSSR count). The van der Waals surface area contributed by atoms with Gasteiger partial charge in [-0.3, -0.25) is 5.10 Å². The topological polar surface area (TPSA) is 40.7 Å². The van der Waals surface area contributed by atoms with E-state index in [2.05, 4.69) is 32.3 Å². The first-order chi connectivity index (χ1) is 6.45. The maximum atomic E-state index is 3.87. The van der Waals surface area contributed by atoms with Gasteiger partial charge in [0, 0.05) is 25.0 Å². The highest BCUT2D eigenvalue weighted by molar-refractivity contribution is 7.07. The fourth-order valence-electron chi connectivity index (χ4n) is 1.12. The summed E-state index contributed by atoms with van der Waals surface area (Å²) in [6.07, 6.45) is 1.77. The van der Waals surface area contributed by atoms with Crippen LogP contribution in [0, 0.1) is 0 Å². The molecule has 2 aromatic heterocycles. The van der Waals surface area contributed by atoms with Crippen molar-refractivity contribution in [1.82, 2.24) is 15.5 Å². The van der Waals surface area contributed by atoms with Crippen LogP contribution in [-0.4, -0.2) is 10.2 Å². The van der Waals surface area contributed by atoms with E-state index in [0.717, 1.165) is 18.8 Å². The molecule has 2 N–H and O–H groups in total. The van der Waals surface area contributed by atoms with E-state index in [1.54, 1.807) is 17.5 Å². The number of nitrogens with zero attached hydrogens (tertiary/aromatic N) is 1. The number of rotatable bonds is 4. The normalized spacial score (nSPS) is 10.5. The first kappa shape index (κ1) is 8.47. The van der Waals surface area contributed by atoms with E-state index >= 15 is 0 Å². The quantitative estimate of drug-likeness (QED) is 0.776. The summed E-state index contributed by atoms with van der Waals surface area (Å²) in [6.45, 7) is 1.76. The van der Waals surface area contributed by atoms with Gasteiger partial charge in [0.25, 0.3) is 0 Å². The highest BCUT2D eigenvalue weighted by atomic mass is 32.1. The molecular weight excluding hydrogens is 182 g/mol. The molecule has 0 aliphatic carbocycles. The van der Waals surface area contributed by atoms with Gasteiger partial charge in [-0.25, -0.2) is 0 Å². The molecule has 0 aliphatic rings. The van der Waals surface area contributed by atoms with Gasteiger partial charge in [0.15, 0.2) is 0 Å². The SMILES string of the molecule is c1cc(CNCc2ccsc2)[nH]n1. The van der Waals surface area contributed by atoms with E-state index < -0.39 is 0 Å². The average molecular weight is 193 g/mol. The minimum atomic E-state index is 0.843. The Morgan fingerprint density at radius 2 is 2.38 bits per heavy atom. The molecule has 2 aromatic rings. The summed E-state index contributed by atoms with van der Waals surface area (Å²) in [4.78, 5) is 0. The van der Waals surface area contributed by atoms with Crippen LogP contribution in [0.15, 0.2) is 29.1 Å². The lowest BCUT2D eigenvalue weighted by Crippen LogP contribution is -2.12. The van der Waals surface area contributed by atoms with E-state index in [0.29, 0.717) is 0 Å². The van der Waals surface area contributed by atoms with Crippen LogP contribution in [-0.2, 0) is 13.1 Å². The van der Waals surface area contributed by atoms with E-state index in [9.17, 15) is 0 Å². The third-order valence-corrected chi connectivity index (χ3v) is 2.52. The van der Waals surface area contributed by atoms with E-state index in [1.165, 1.54) is 5.56 Å². The van der Waals surface area contributed by atoms with Gasteiger partial charge in [-0.15, -0.1) is 0 Å². The Kier molecular flexibility index (Phi) is 2.74. The Morgan fingerprint density at radius 3 is 3.08 bits per heavy atom. The molecule has 3 nitrogen and oxygen atoms in total. The first-order valence-corrected chi connectivity index (χ1v) is 5.09. The summed E-state index contributed by atoms with van der Waals surface area (Å²) < 4.78 is 0. The van der Waals surface area contributed by atoms with Crippen molar-refractivity contribution in [2.75, 3.05) is 0 Å². The Labute approximate surface area is 80.8 Å². The molecule has 68 valence electrons. The molecule has 0 fully saturated rings. The molecule has 0 saturated carbocycles. The highest BCUT2D eigenvalue weighted by Crippen LogP contribution is 2.05. The second kappa shape index (κ2) is 4.20. The van der Waals surface area contributed by atoms with Crippen molar-refractivity contribution in [3.8, 4) is 0 Å². The van der Waals surface area contributed by atoms with Crippen molar-refractivity contribution in [3.63, 3.8) is 0 Å². The zero-order chi connectivity index (χ0) is 8.93. The second-order valence-corrected chi connectivity index (χ2v) is 3.60. The summed E-state index contributed by atoms with van der Waals surface area (Å²) in [5.74, 6) is 0. The molecule has 0 bridgehead atoms. The number of aromatic amines is 1. The smallest absolute Gasteiger partial charge is 0.0490 e. The lowest BCUT2D eigenvalue weighted by atomic mass is 10.3. The summed E-state index contributed by atoms with van der Waals surface area (Å²) in [5, 5.41) is 14.4. The number of hydrogen-bond donors (Lipinski definition) is 2. The fraction of sp³-hybridized carbons (Fsp3) is 0.222. The largest absolute Gasteiger partial charge is 0.307 e. The number of nitrogens with one attached hydrogen (secondary N) is 2. The third kappa shape index (κ3) is 2.40. The standard InChI is InChI=1S/C9H11N3S/c1-3-11-12-9(1)6-10-5-8-2-4-13-7-8/h1-4,7,10H,5-6H2,(H,11,12). The van der Waals surface area contributed by atoms with Gasteiger partial charge in [-0.05, 0) is 28.5 Å². The van der Waals surface area contributed by atoms with Gasteiger partial charge in [0.1, 0.15) is 0 Å². The van der Waals surface area contributed by atoms with Crippen molar-refractivity contribution in [3.05, 3.63) is 40.3 Å². The van der Waals surface area contributed by atoms with Crippen LogP contribution in [0.5, 0.6) is 0 Å². The maximum Gasteiger partial charge on any atom is 0.0490 e. The van der Waals surface area contributed by atoms with Gasteiger partial charge >= 0.3 is 0 Å². The summed E-state index contributed by atoms with van der Waals surface area (Å²) in [6, 6.07) is 4.10. The fourth-order valence-corrected chi connectivity index (χ4v) is 1.79. The molecule has 2 heterocycles. The summed E-state index contributed by atoms with van der Waals surface area (Å²) >= 11 is 1.73. The van der Waals surface area contributed by atoms with Crippen LogP contribution in [0.1, 0.15) is 11.3 Å². The summed E-state index contributed by atoms with van der Waals surface area (Å²) in [7, 11) is 0. The monoisotopic (exact) mass is 193 g/mol. The number of hydrogen-bond acceptors (Lipinski definition) is 3. The summed E-state index contributed by atoms with van der Waals surface area (Å²) in [5.41, 5.74) is 2.46. The van der Waals surface area contributed by atoms with Crippen molar-refractivity contribution < 1.29 is 0 Å². The molecule has 0 saturated heterocycles. The number of H-pyrrole nitrogens is 1. The zero-order valence-electron chi connectivity index (χ0n) is 7.16. The highest BCUT2D eigenvalue weighted by Gasteiger charge is 1.94. The Morgan fingerprint density at radius 1 is 1.38 bits per heavy atom. The molecule has 0 aromatic carbocycles. The first-order valence-electron chi connectivity index (χ1n) is 4.15. The van der Waals surface area contributed by atoms with E-state index in [1.807, 2.05) is 6.07 Å². The molecule has 0 amide bonds. The van der Waals surface area contributed by atoms with Crippen LogP contribution in [0.2, 0.25) is 0 Å². The number of thiophene rings is 1. The molecule has 0 unspecified atom stereocenters. The minimum Gasteiger partial charge on any atom is -0.307 e. The lowest BCUT2D eigenvalue weighted by molar-refractivity contribution is 0.679.